The molecule has 0 aliphatic heterocycles. The van der Waals surface area contributed by atoms with Crippen LogP contribution < -0.4 is 5.32 Å². The van der Waals surface area contributed by atoms with Crippen LogP contribution >= 0.6 is 11.6 Å². The Labute approximate surface area is 112 Å². The molecule has 6 heteroatoms. The second kappa shape index (κ2) is 7.07. The molecule has 0 radical (unpaired) electrons. The van der Waals surface area contributed by atoms with Crippen molar-refractivity contribution in [1.29, 1.82) is 0 Å². The molecule has 0 spiro atoms. The first kappa shape index (κ1) is 15.4. The van der Waals surface area contributed by atoms with Gasteiger partial charge >= 0.3 is 0 Å². The summed E-state index contributed by atoms with van der Waals surface area (Å²) in [5, 5.41) is 3.08. The van der Waals surface area contributed by atoms with Gasteiger partial charge in [-0.25, -0.2) is 12.8 Å². The number of hydrogen-bond donors (Lipinski definition) is 1. The molecule has 1 aromatic carbocycles. The predicted molar refractivity (Wildman–Crippen MR) is 72.1 cm³/mol. The van der Waals surface area contributed by atoms with E-state index in [9.17, 15) is 12.8 Å². The standard InChI is InChI=1S/C12H17ClFNO2S/c1-2-6-18(16,17)7-5-15-9-10-3-4-12(14)11(13)8-10/h3-4,8,15H,2,5-7,9H2,1H3. The number of rotatable bonds is 7. The minimum atomic E-state index is -2.95. The Morgan fingerprint density at radius 3 is 2.67 bits per heavy atom. The van der Waals surface area contributed by atoms with Gasteiger partial charge < -0.3 is 5.32 Å². The van der Waals surface area contributed by atoms with Gasteiger partial charge in [0, 0.05) is 18.8 Å². The second-order valence-electron chi connectivity index (χ2n) is 4.08. The second-order valence-corrected chi connectivity index (χ2v) is 6.79. The van der Waals surface area contributed by atoms with Crippen LogP contribution in [0, 0.1) is 5.82 Å². The van der Waals surface area contributed by atoms with E-state index in [2.05, 4.69) is 5.32 Å². The number of benzene rings is 1. The minimum Gasteiger partial charge on any atom is -0.312 e. The molecule has 3 nitrogen and oxygen atoms in total. The van der Waals surface area contributed by atoms with Crippen molar-refractivity contribution in [3.63, 3.8) is 0 Å². The molecule has 0 amide bonds. The average molecular weight is 294 g/mol. The lowest BCUT2D eigenvalue weighted by Gasteiger charge is -2.06. The highest BCUT2D eigenvalue weighted by molar-refractivity contribution is 7.91. The molecule has 0 saturated carbocycles. The first-order valence-corrected chi connectivity index (χ1v) is 7.99. The number of nitrogens with one attached hydrogen (secondary N) is 1. The molecule has 0 fully saturated rings. The molecule has 0 unspecified atom stereocenters. The van der Waals surface area contributed by atoms with Gasteiger partial charge in [0.25, 0.3) is 0 Å². The Hall–Kier alpha value is -0.650. The highest BCUT2D eigenvalue weighted by Crippen LogP contribution is 2.15. The van der Waals surface area contributed by atoms with E-state index in [-0.39, 0.29) is 16.5 Å². The first-order chi connectivity index (χ1) is 8.44. The van der Waals surface area contributed by atoms with Crippen LogP contribution in [0.2, 0.25) is 5.02 Å². The normalized spacial score (nSPS) is 11.7. The fraction of sp³-hybridized carbons (Fsp3) is 0.500. The Balaban J connectivity index is 2.36. The van der Waals surface area contributed by atoms with Crippen LogP contribution in [0.25, 0.3) is 0 Å². The van der Waals surface area contributed by atoms with Crippen molar-refractivity contribution < 1.29 is 12.8 Å². The summed E-state index contributed by atoms with van der Waals surface area (Å²) in [6.45, 7) is 2.70. The van der Waals surface area contributed by atoms with Gasteiger partial charge in [0.15, 0.2) is 9.84 Å². The molecule has 0 bridgehead atoms. The summed E-state index contributed by atoms with van der Waals surface area (Å²) in [5.74, 6) is -0.113. The van der Waals surface area contributed by atoms with Crippen molar-refractivity contribution in [2.24, 2.45) is 0 Å². The van der Waals surface area contributed by atoms with Crippen LogP contribution in [0.3, 0.4) is 0 Å². The van der Waals surface area contributed by atoms with Crippen molar-refractivity contribution in [3.05, 3.63) is 34.6 Å². The molecule has 1 rings (SSSR count). The first-order valence-electron chi connectivity index (χ1n) is 5.79. The Morgan fingerprint density at radius 2 is 2.06 bits per heavy atom. The minimum absolute atomic E-state index is 0.0768. The van der Waals surface area contributed by atoms with Crippen molar-refractivity contribution in [2.75, 3.05) is 18.1 Å². The molecular weight excluding hydrogens is 277 g/mol. The predicted octanol–water partition coefficient (Wildman–Crippen LogP) is 2.39. The fourth-order valence-electron chi connectivity index (χ4n) is 1.52. The van der Waals surface area contributed by atoms with E-state index in [1.165, 1.54) is 12.1 Å². The molecule has 0 aliphatic carbocycles. The molecule has 0 aromatic heterocycles. The summed E-state index contributed by atoms with van der Waals surface area (Å²) in [4.78, 5) is 0. The maximum Gasteiger partial charge on any atom is 0.151 e. The van der Waals surface area contributed by atoms with Crippen molar-refractivity contribution >= 4 is 21.4 Å². The molecule has 0 atom stereocenters. The zero-order chi connectivity index (χ0) is 13.6. The van der Waals surface area contributed by atoms with E-state index in [0.717, 1.165) is 5.56 Å². The van der Waals surface area contributed by atoms with Crippen LogP contribution in [0.5, 0.6) is 0 Å². The highest BCUT2D eigenvalue weighted by atomic mass is 35.5. The Kier molecular flexibility index (Phi) is 6.05. The van der Waals surface area contributed by atoms with Crippen molar-refractivity contribution in [2.45, 2.75) is 19.9 Å². The molecule has 1 N–H and O–H groups in total. The van der Waals surface area contributed by atoms with E-state index in [1.807, 2.05) is 6.92 Å². The summed E-state index contributed by atoms with van der Waals surface area (Å²) in [6.07, 6.45) is 0.635. The maximum atomic E-state index is 12.9. The number of halogens is 2. The van der Waals surface area contributed by atoms with E-state index in [1.54, 1.807) is 6.07 Å². The third-order valence-electron chi connectivity index (χ3n) is 2.42. The quantitative estimate of drug-likeness (QED) is 0.785. The smallest absolute Gasteiger partial charge is 0.151 e. The summed E-state index contributed by atoms with van der Waals surface area (Å²) >= 11 is 5.64. The molecule has 102 valence electrons. The fourth-order valence-corrected chi connectivity index (χ4v) is 3.01. The van der Waals surface area contributed by atoms with E-state index in [0.29, 0.717) is 19.5 Å². The summed E-state index contributed by atoms with van der Waals surface area (Å²) < 4.78 is 35.8. The molecule has 18 heavy (non-hydrogen) atoms. The molecule has 0 aliphatic rings. The Bertz CT molecular complexity index is 491. The van der Waals surface area contributed by atoms with E-state index >= 15 is 0 Å². The topological polar surface area (TPSA) is 46.2 Å². The van der Waals surface area contributed by atoms with Gasteiger partial charge in [-0.2, -0.15) is 0 Å². The SMILES string of the molecule is CCCS(=O)(=O)CCNCc1ccc(F)c(Cl)c1. The Morgan fingerprint density at radius 1 is 1.33 bits per heavy atom. The average Bonchev–Trinajstić information content (AvgIpc) is 2.29. The zero-order valence-electron chi connectivity index (χ0n) is 10.2. The van der Waals surface area contributed by atoms with Crippen LogP contribution in [-0.2, 0) is 16.4 Å². The molecular formula is C12H17ClFNO2S. The molecule has 0 heterocycles. The number of sulfone groups is 1. The summed E-state index contributed by atoms with van der Waals surface area (Å²) in [7, 11) is -2.95. The lowest BCUT2D eigenvalue weighted by molar-refractivity contribution is 0.589. The van der Waals surface area contributed by atoms with E-state index < -0.39 is 15.7 Å². The lowest BCUT2D eigenvalue weighted by Crippen LogP contribution is -2.24. The maximum absolute atomic E-state index is 12.9. The van der Waals surface area contributed by atoms with Crippen LogP contribution in [0.1, 0.15) is 18.9 Å². The summed E-state index contributed by atoms with van der Waals surface area (Å²) in [5.41, 5.74) is 0.828. The summed E-state index contributed by atoms with van der Waals surface area (Å²) in [6, 6.07) is 4.45. The van der Waals surface area contributed by atoms with Crippen molar-refractivity contribution in [1.82, 2.24) is 5.32 Å². The number of hydrogen-bond acceptors (Lipinski definition) is 3. The zero-order valence-corrected chi connectivity index (χ0v) is 11.8. The van der Waals surface area contributed by atoms with Gasteiger partial charge in [0.2, 0.25) is 0 Å². The molecule has 0 saturated heterocycles. The third kappa shape index (κ3) is 5.33. The van der Waals surface area contributed by atoms with Crippen molar-refractivity contribution in [3.8, 4) is 0 Å². The largest absolute Gasteiger partial charge is 0.312 e. The van der Waals surface area contributed by atoms with Crippen LogP contribution in [0.4, 0.5) is 4.39 Å². The lowest BCUT2D eigenvalue weighted by atomic mass is 10.2. The highest BCUT2D eigenvalue weighted by Gasteiger charge is 2.08. The third-order valence-corrected chi connectivity index (χ3v) is 4.56. The van der Waals surface area contributed by atoms with Crippen LogP contribution in [0.15, 0.2) is 18.2 Å². The van der Waals surface area contributed by atoms with Gasteiger partial charge in [-0.15, -0.1) is 0 Å². The van der Waals surface area contributed by atoms with Gasteiger partial charge in [-0.1, -0.05) is 24.6 Å². The molecule has 1 aromatic rings. The monoisotopic (exact) mass is 293 g/mol. The van der Waals surface area contributed by atoms with Gasteiger partial charge in [-0.05, 0) is 24.1 Å². The van der Waals surface area contributed by atoms with E-state index in [4.69, 9.17) is 11.6 Å². The van der Waals surface area contributed by atoms with Crippen LogP contribution in [-0.4, -0.2) is 26.5 Å². The van der Waals surface area contributed by atoms with Gasteiger partial charge in [0.05, 0.1) is 10.8 Å². The van der Waals surface area contributed by atoms with Gasteiger partial charge in [-0.3, -0.25) is 0 Å². The van der Waals surface area contributed by atoms with Gasteiger partial charge in [0.1, 0.15) is 5.82 Å².